The number of methoxy groups -OCH3 is 1. The van der Waals surface area contributed by atoms with Gasteiger partial charge in [0.05, 0.1) is 29.3 Å². The molecule has 34 heavy (non-hydrogen) atoms. The second kappa shape index (κ2) is 10.9. The Labute approximate surface area is 204 Å². The van der Waals surface area contributed by atoms with E-state index in [4.69, 9.17) is 4.74 Å². The summed E-state index contributed by atoms with van der Waals surface area (Å²) >= 11 is 1.39. The van der Waals surface area contributed by atoms with Crippen molar-refractivity contribution in [3.05, 3.63) is 45.6 Å². The normalized spacial score (nSPS) is 17.4. The molecule has 2 saturated carbocycles. The lowest BCUT2D eigenvalue weighted by atomic mass is 9.97. The number of nitrogens with one attached hydrogen (secondary N) is 3. The highest BCUT2D eigenvalue weighted by Gasteiger charge is 2.31. The summed E-state index contributed by atoms with van der Waals surface area (Å²) in [5, 5.41) is 18.8. The molecule has 180 valence electrons. The van der Waals surface area contributed by atoms with E-state index in [1.54, 1.807) is 31.4 Å². The zero-order chi connectivity index (χ0) is 24.1. The summed E-state index contributed by atoms with van der Waals surface area (Å²) in [6, 6.07) is 10.8. The molecule has 7 nitrogen and oxygen atoms in total. The molecule has 0 spiro atoms. The first-order valence-corrected chi connectivity index (χ1v) is 12.8. The Balaban J connectivity index is 1.42. The zero-order valence-corrected chi connectivity index (χ0v) is 20.5. The minimum Gasteiger partial charge on any atom is -0.497 e. The maximum Gasteiger partial charge on any atom is 0.262 e. The number of carbonyl (C=O) groups excluding carboxylic acids is 2. The standard InChI is InChI=1S/C26H32N4O3S/c1-16(28-21-14-20(33-2)10-7-18(21)15-27)23-11-12-24(34-23)26(32)30-22(13-17-5-3-4-6-17)25(31)29-19-8-9-19/h7,10-12,14,16-17,19,22,28H,3-6,8-9,13H2,1-2H3,(H,29,31)(H,30,32)/t16?,22-/m0/s1. The van der Waals surface area contributed by atoms with Crippen molar-refractivity contribution in [3.8, 4) is 11.8 Å². The average molecular weight is 481 g/mol. The van der Waals surface area contributed by atoms with Crippen molar-refractivity contribution in [2.24, 2.45) is 5.92 Å². The molecule has 2 fully saturated rings. The van der Waals surface area contributed by atoms with Gasteiger partial charge < -0.3 is 20.7 Å². The minimum absolute atomic E-state index is 0.0587. The van der Waals surface area contributed by atoms with E-state index in [-0.39, 0.29) is 23.9 Å². The van der Waals surface area contributed by atoms with Gasteiger partial charge in [-0.25, -0.2) is 0 Å². The maximum absolute atomic E-state index is 13.1. The molecule has 1 aromatic heterocycles. The molecule has 0 bridgehead atoms. The number of rotatable bonds is 10. The number of hydrogen-bond donors (Lipinski definition) is 3. The molecule has 2 aliphatic rings. The van der Waals surface area contributed by atoms with Crippen LogP contribution in [0.3, 0.4) is 0 Å². The molecule has 0 aliphatic heterocycles. The number of nitriles is 1. The number of benzene rings is 1. The van der Waals surface area contributed by atoms with Gasteiger partial charge in [0.2, 0.25) is 5.91 Å². The van der Waals surface area contributed by atoms with Crippen molar-refractivity contribution >= 4 is 28.8 Å². The van der Waals surface area contributed by atoms with Crippen LogP contribution in [0.4, 0.5) is 5.69 Å². The van der Waals surface area contributed by atoms with Gasteiger partial charge in [-0.1, -0.05) is 25.7 Å². The molecular weight excluding hydrogens is 448 g/mol. The van der Waals surface area contributed by atoms with Crippen LogP contribution < -0.4 is 20.7 Å². The van der Waals surface area contributed by atoms with Crippen LogP contribution in [-0.4, -0.2) is 31.0 Å². The fraction of sp³-hybridized carbons (Fsp3) is 0.500. The highest BCUT2D eigenvalue weighted by atomic mass is 32.1. The summed E-state index contributed by atoms with van der Waals surface area (Å²) in [6.45, 7) is 1.99. The molecular formula is C26H32N4O3S. The van der Waals surface area contributed by atoms with Gasteiger partial charge >= 0.3 is 0 Å². The van der Waals surface area contributed by atoms with Crippen molar-refractivity contribution in [1.29, 1.82) is 5.26 Å². The third-order valence-corrected chi connectivity index (χ3v) is 7.85. The Bertz CT molecular complexity index is 1070. The Morgan fingerprint density at radius 3 is 2.62 bits per heavy atom. The summed E-state index contributed by atoms with van der Waals surface area (Å²) in [5.41, 5.74) is 1.21. The molecule has 2 aromatic rings. The summed E-state index contributed by atoms with van der Waals surface area (Å²) in [6.07, 6.45) is 7.42. The minimum atomic E-state index is -0.493. The topological polar surface area (TPSA) is 103 Å². The van der Waals surface area contributed by atoms with E-state index in [0.29, 0.717) is 34.2 Å². The van der Waals surface area contributed by atoms with Crippen LogP contribution in [0, 0.1) is 17.2 Å². The van der Waals surface area contributed by atoms with Gasteiger partial charge in [0.25, 0.3) is 5.91 Å². The first-order valence-electron chi connectivity index (χ1n) is 12.0. The molecule has 2 aliphatic carbocycles. The van der Waals surface area contributed by atoms with E-state index in [9.17, 15) is 14.9 Å². The van der Waals surface area contributed by atoms with Crippen LogP contribution >= 0.6 is 11.3 Å². The van der Waals surface area contributed by atoms with Crippen molar-refractivity contribution in [1.82, 2.24) is 10.6 Å². The number of thiophene rings is 1. The molecule has 4 rings (SSSR count). The maximum atomic E-state index is 13.1. The van der Waals surface area contributed by atoms with E-state index in [1.165, 1.54) is 24.2 Å². The van der Waals surface area contributed by atoms with Crippen LogP contribution in [0.15, 0.2) is 30.3 Å². The smallest absolute Gasteiger partial charge is 0.262 e. The highest BCUT2D eigenvalue weighted by Crippen LogP contribution is 2.31. The van der Waals surface area contributed by atoms with Gasteiger partial charge in [-0.3, -0.25) is 9.59 Å². The Hall–Kier alpha value is -3.05. The molecule has 3 N–H and O–H groups in total. The largest absolute Gasteiger partial charge is 0.497 e. The molecule has 0 saturated heterocycles. The first-order chi connectivity index (χ1) is 16.5. The Morgan fingerprint density at radius 1 is 1.18 bits per heavy atom. The van der Waals surface area contributed by atoms with Crippen LogP contribution in [0.1, 0.15) is 78.0 Å². The predicted octanol–water partition coefficient (Wildman–Crippen LogP) is 4.76. The van der Waals surface area contributed by atoms with Crippen molar-refractivity contribution in [2.75, 3.05) is 12.4 Å². The van der Waals surface area contributed by atoms with Crippen LogP contribution in [0.25, 0.3) is 0 Å². The molecule has 0 radical (unpaired) electrons. The van der Waals surface area contributed by atoms with Crippen molar-refractivity contribution in [2.45, 2.75) is 70.0 Å². The Morgan fingerprint density at radius 2 is 1.94 bits per heavy atom. The van der Waals surface area contributed by atoms with E-state index < -0.39 is 6.04 Å². The van der Waals surface area contributed by atoms with Crippen molar-refractivity contribution < 1.29 is 14.3 Å². The number of nitrogens with zero attached hydrogens (tertiary/aromatic N) is 1. The monoisotopic (exact) mass is 480 g/mol. The Kier molecular flexibility index (Phi) is 7.73. The van der Waals surface area contributed by atoms with Crippen LogP contribution in [0.5, 0.6) is 5.75 Å². The lowest BCUT2D eigenvalue weighted by Gasteiger charge is -2.21. The third kappa shape index (κ3) is 6.09. The van der Waals surface area contributed by atoms with E-state index in [1.807, 2.05) is 13.0 Å². The second-order valence-electron chi connectivity index (χ2n) is 9.29. The molecule has 2 amide bonds. The fourth-order valence-corrected chi connectivity index (χ4v) is 5.36. The molecule has 1 unspecified atom stereocenters. The summed E-state index contributed by atoms with van der Waals surface area (Å²) in [4.78, 5) is 27.4. The van der Waals surface area contributed by atoms with Gasteiger partial charge in [-0.2, -0.15) is 5.26 Å². The number of hydrogen-bond acceptors (Lipinski definition) is 6. The fourth-order valence-electron chi connectivity index (χ4n) is 4.45. The van der Waals surface area contributed by atoms with Gasteiger partial charge in [0.15, 0.2) is 0 Å². The first kappa shape index (κ1) is 24.1. The summed E-state index contributed by atoms with van der Waals surface area (Å²) < 4.78 is 5.28. The van der Waals surface area contributed by atoms with E-state index >= 15 is 0 Å². The predicted molar refractivity (Wildman–Crippen MR) is 133 cm³/mol. The van der Waals surface area contributed by atoms with Gasteiger partial charge in [-0.15, -0.1) is 11.3 Å². The second-order valence-corrected chi connectivity index (χ2v) is 10.4. The number of amides is 2. The average Bonchev–Trinajstić information content (AvgIpc) is 3.27. The quantitative estimate of drug-likeness (QED) is 0.455. The van der Waals surface area contributed by atoms with Crippen LogP contribution in [0.2, 0.25) is 0 Å². The molecule has 1 heterocycles. The molecule has 8 heteroatoms. The van der Waals surface area contributed by atoms with E-state index in [0.717, 1.165) is 30.6 Å². The summed E-state index contributed by atoms with van der Waals surface area (Å²) in [5.74, 6) is 0.890. The van der Waals surface area contributed by atoms with Gasteiger partial charge in [-0.05, 0) is 56.4 Å². The summed E-state index contributed by atoms with van der Waals surface area (Å²) in [7, 11) is 1.59. The SMILES string of the molecule is COc1ccc(C#N)c(NC(C)c2ccc(C(=O)N[C@@H](CC3CCCC3)C(=O)NC3CC3)s2)c1. The van der Waals surface area contributed by atoms with Gasteiger partial charge in [0, 0.05) is 17.0 Å². The lowest BCUT2D eigenvalue weighted by molar-refractivity contribution is -0.123. The lowest BCUT2D eigenvalue weighted by Crippen LogP contribution is -2.48. The number of ether oxygens (including phenoxy) is 1. The van der Waals surface area contributed by atoms with Crippen molar-refractivity contribution in [3.63, 3.8) is 0 Å². The number of anilines is 1. The molecule has 1 aromatic carbocycles. The number of carbonyl (C=O) groups is 2. The highest BCUT2D eigenvalue weighted by molar-refractivity contribution is 7.14. The zero-order valence-electron chi connectivity index (χ0n) is 19.7. The molecule has 2 atom stereocenters. The third-order valence-electron chi connectivity index (χ3n) is 6.59. The van der Waals surface area contributed by atoms with Crippen LogP contribution in [-0.2, 0) is 4.79 Å². The van der Waals surface area contributed by atoms with E-state index in [2.05, 4.69) is 22.0 Å². The van der Waals surface area contributed by atoms with Gasteiger partial charge in [0.1, 0.15) is 17.9 Å².